The zero-order valence-electron chi connectivity index (χ0n) is 34.2. The van der Waals surface area contributed by atoms with Gasteiger partial charge in [-0.2, -0.15) is 0 Å². The van der Waals surface area contributed by atoms with Crippen molar-refractivity contribution in [3.05, 3.63) is 160 Å². The maximum Gasteiger partial charge on any atom is 0.264 e. The molecular formula is C47H43ClF4N6O6S2. The van der Waals surface area contributed by atoms with E-state index in [-0.39, 0.29) is 43.2 Å². The van der Waals surface area contributed by atoms with Gasteiger partial charge in [-0.1, -0.05) is 31.9 Å². The molecule has 4 aromatic carbocycles. The minimum atomic E-state index is -4.32. The van der Waals surface area contributed by atoms with Gasteiger partial charge in [0, 0.05) is 71.8 Å². The molecule has 66 heavy (non-hydrogen) atoms. The molecule has 2 heterocycles. The zero-order valence-corrected chi connectivity index (χ0v) is 36.6. The van der Waals surface area contributed by atoms with Gasteiger partial charge in [-0.25, -0.2) is 34.4 Å². The number of carbonyl (C=O) groups is 2. The first kappa shape index (κ1) is 47.6. The average molecular weight is 963 g/mol. The van der Waals surface area contributed by atoms with Crippen molar-refractivity contribution in [3.63, 3.8) is 0 Å². The van der Waals surface area contributed by atoms with E-state index < -0.39 is 63.9 Å². The predicted octanol–water partition coefficient (Wildman–Crippen LogP) is 9.72. The lowest BCUT2D eigenvalue weighted by Crippen LogP contribution is -2.39. The van der Waals surface area contributed by atoms with Crippen LogP contribution in [0.3, 0.4) is 0 Å². The van der Waals surface area contributed by atoms with Crippen molar-refractivity contribution < 1.29 is 44.0 Å². The summed E-state index contributed by atoms with van der Waals surface area (Å²) in [6.07, 6.45) is 11.8. The van der Waals surface area contributed by atoms with Crippen LogP contribution in [-0.4, -0.2) is 38.4 Å². The number of halogens is 5. The summed E-state index contributed by atoms with van der Waals surface area (Å²) < 4.78 is 110. The molecule has 4 aliphatic rings. The highest BCUT2D eigenvalue weighted by Crippen LogP contribution is 2.54. The fraction of sp³-hybridized carbons (Fsp3) is 0.234. The molecule has 0 amide bonds. The number of benzene rings is 4. The third kappa shape index (κ3) is 9.21. The summed E-state index contributed by atoms with van der Waals surface area (Å²) in [5, 5.41) is 3.98. The Hall–Kier alpha value is -6.37. The molecule has 0 atom stereocenters. The number of hydrogen-bond acceptors (Lipinski definition) is 10. The van der Waals surface area contributed by atoms with Crippen LogP contribution in [0.4, 0.5) is 46.0 Å². The van der Waals surface area contributed by atoms with E-state index in [1.54, 1.807) is 67.3 Å². The maximum atomic E-state index is 14.2. The summed E-state index contributed by atoms with van der Waals surface area (Å²) in [7, 11) is -8.59. The molecule has 10 rings (SSSR count). The second kappa shape index (κ2) is 18.5. The number of pyridine rings is 2. The molecular weight excluding hydrogens is 920 g/mol. The van der Waals surface area contributed by atoms with Crippen molar-refractivity contribution in [2.75, 3.05) is 20.5 Å². The average Bonchev–Trinajstić information content (AvgIpc) is 3.69. The van der Waals surface area contributed by atoms with Crippen LogP contribution in [0.25, 0.3) is 0 Å². The molecule has 0 aliphatic heterocycles. The van der Waals surface area contributed by atoms with E-state index in [0.717, 1.165) is 95.8 Å². The van der Waals surface area contributed by atoms with E-state index in [2.05, 4.69) is 24.7 Å². The van der Waals surface area contributed by atoms with Crippen molar-refractivity contribution >= 4 is 71.7 Å². The van der Waals surface area contributed by atoms with Crippen molar-refractivity contribution in [1.29, 1.82) is 0 Å². The van der Waals surface area contributed by atoms with Crippen molar-refractivity contribution in [1.82, 2.24) is 9.97 Å². The van der Waals surface area contributed by atoms with E-state index in [1.807, 2.05) is 0 Å². The summed E-state index contributed by atoms with van der Waals surface area (Å²) in [5.74, 6) is -3.87. The van der Waals surface area contributed by atoms with Gasteiger partial charge in [-0.15, -0.1) is 0 Å². The van der Waals surface area contributed by atoms with Crippen LogP contribution < -0.4 is 20.5 Å². The third-order valence-corrected chi connectivity index (χ3v) is 15.3. The van der Waals surface area contributed by atoms with Crippen LogP contribution in [0.15, 0.2) is 120 Å². The van der Waals surface area contributed by atoms with Gasteiger partial charge in [0.1, 0.15) is 44.6 Å². The number of nitrogen functional groups attached to an aromatic ring is 1. The molecule has 2 fully saturated rings. The third-order valence-electron chi connectivity index (χ3n) is 12.2. The smallest absolute Gasteiger partial charge is 0.264 e. The van der Waals surface area contributed by atoms with Crippen molar-refractivity contribution in [2.45, 2.75) is 79.4 Å². The zero-order chi connectivity index (χ0) is 46.3. The summed E-state index contributed by atoms with van der Waals surface area (Å²) in [6, 6.07) is 17.8. The Morgan fingerprint density at radius 1 is 0.576 bits per heavy atom. The predicted molar refractivity (Wildman–Crippen MR) is 244 cm³/mol. The summed E-state index contributed by atoms with van der Waals surface area (Å²) in [6.45, 7) is 0. The number of Topliss-reactive ketones (excluding diaryl/α,β-unsaturated/α-hetero) is 2. The van der Waals surface area contributed by atoms with E-state index in [9.17, 15) is 44.0 Å². The van der Waals surface area contributed by atoms with Gasteiger partial charge in [0.2, 0.25) is 0 Å². The first-order chi connectivity index (χ1) is 30.9. The first-order valence-corrected chi connectivity index (χ1v) is 23.6. The van der Waals surface area contributed by atoms with Crippen LogP contribution in [0.5, 0.6) is 0 Å². The van der Waals surface area contributed by atoms with E-state index in [1.165, 1.54) is 6.07 Å². The lowest BCUT2D eigenvalue weighted by atomic mass is 9.64. The Morgan fingerprint density at radius 2 is 1.02 bits per heavy atom. The fourth-order valence-corrected chi connectivity index (χ4v) is 11.0. The minimum absolute atomic E-state index is 0. The largest absolute Gasteiger partial charge is 0.398 e. The highest BCUT2D eigenvalue weighted by Gasteiger charge is 2.52. The van der Waals surface area contributed by atoms with Gasteiger partial charge < -0.3 is 11.1 Å². The number of nitrogens with two attached hydrogens (primary N) is 1. The summed E-state index contributed by atoms with van der Waals surface area (Å²) in [5.41, 5.74) is 10.0. The monoisotopic (exact) mass is 962 g/mol. The molecule has 0 radical (unpaired) electrons. The molecule has 4 aliphatic carbocycles. The number of hydrogen-bond donors (Lipinski definition) is 4. The maximum absolute atomic E-state index is 14.2. The number of nitrogens with zero attached hydrogens (tertiary/aromatic N) is 2. The molecule has 12 nitrogen and oxygen atoms in total. The topological polar surface area (TPSA) is 190 Å². The minimum Gasteiger partial charge on any atom is -0.398 e. The second-order valence-corrected chi connectivity index (χ2v) is 19.8. The number of ketones is 2. The summed E-state index contributed by atoms with van der Waals surface area (Å²) >= 11 is 5.50. The lowest BCUT2D eigenvalue weighted by Gasteiger charge is -2.37. The molecule has 19 heteroatoms. The second-order valence-electron chi connectivity index (χ2n) is 16.1. The van der Waals surface area contributed by atoms with E-state index in [4.69, 9.17) is 17.3 Å². The van der Waals surface area contributed by atoms with Crippen molar-refractivity contribution in [3.8, 4) is 0 Å². The van der Waals surface area contributed by atoms with Crippen LogP contribution in [0.2, 0.25) is 5.02 Å². The number of nitrogens with one attached hydrogen (secondary N) is 3. The SMILES string of the molecule is C.Clc1ccncc1.Nc1cc(NS(=O)(=O)c2ccc(F)cc2F)cc2c1CC(=O)C21CCC1.O=C1Cc2c(Nc3ccncc3)cc(NS(=O)(=O)c3ccc(F)cc3F)cc2C12CCC2. The van der Waals surface area contributed by atoms with Crippen LogP contribution in [-0.2, 0) is 53.3 Å². The molecule has 344 valence electrons. The fourth-order valence-electron chi connectivity index (χ4n) is 8.69. The number of rotatable bonds is 8. The standard InChI is InChI=1S/C23H19F2N3O3S.C18H16F2N2O3S.C5H4ClN.CH4/c24-14-2-3-21(19(25)10-14)32(30,31)28-16-11-18-17(13-22(29)23(18)6-1-7-23)20(12-16)27-15-4-8-26-9-5-15;19-10-2-3-16(14(20)6-10)26(24,25)22-11-7-13-12(15(21)8-11)9-17(23)18(13)4-1-5-18;6-5-1-3-7-4-2-5;/h2-5,8-12,28H,1,6-7,13H2,(H,26,27);2-3,6-8,22H,1,4-5,9,21H2;1-4H;1H4. The highest BCUT2D eigenvalue weighted by molar-refractivity contribution is 7.93. The molecule has 2 aromatic heterocycles. The van der Waals surface area contributed by atoms with Gasteiger partial charge in [0.25, 0.3) is 20.0 Å². The number of fused-ring (bicyclic) bond motifs is 4. The molecule has 5 N–H and O–H groups in total. The van der Waals surface area contributed by atoms with Gasteiger partial charge in [0.15, 0.2) is 0 Å². The van der Waals surface area contributed by atoms with Gasteiger partial charge in [-0.3, -0.25) is 29.0 Å². The quantitative estimate of drug-likeness (QED) is 0.0844. The number of anilines is 5. The Kier molecular flexibility index (Phi) is 13.3. The molecule has 2 saturated carbocycles. The first-order valence-electron chi connectivity index (χ1n) is 20.3. The molecule has 2 spiro atoms. The number of aromatic nitrogens is 2. The van der Waals surface area contributed by atoms with Crippen LogP contribution >= 0.6 is 11.6 Å². The summed E-state index contributed by atoms with van der Waals surface area (Å²) in [4.78, 5) is 31.7. The van der Waals surface area contributed by atoms with Gasteiger partial charge in [0.05, 0.1) is 22.2 Å². The molecule has 0 bridgehead atoms. The van der Waals surface area contributed by atoms with Crippen LogP contribution in [0.1, 0.15) is 68.2 Å². The Morgan fingerprint density at radius 3 is 1.44 bits per heavy atom. The lowest BCUT2D eigenvalue weighted by molar-refractivity contribution is -0.126. The van der Waals surface area contributed by atoms with E-state index in [0.29, 0.717) is 23.5 Å². The molecule has 0 saturated heterocycles. The van der Waals surface area contributed by atoms with E-state index >= 15 is 0 Å². The molecule has 6 aromatic rings. The normalized spacial score (nSPS) is 16.0. The number of sulfonamides is 2. The highest BCUT2D eigenvalue weighted by atomic mass is 35.5. The van der Waals surface area contributed by atoms with Crippen LogP contribution in [0, 0.1) is 23.3 Å². The van der Waals surface area contributed by atoms with Gasteiger partial charge >= 0.3 is 0 Å². The Bertz CT molecular complexity index is 3090. The molecule has 0 unspecified atom stereocenters. The Labute approximate surface area is 384 Å². The van der Waals surface area contributed by atoms with Gasteiger partial charge in [-0.05, 0) is 121 Å². The van der Waals surface area contributed by atoms with Crippen molar-refractivity contribution in [2.24, 2.45) is 0 Å². The Balaban J connectivity index is 0.000000171. The number of carbonyl (C=O) groups excluding carboxylic acids is 2.